The van der Waals surface area contributed by atoms with E-state index in [1.807, 2.05) is 56.3 Å². The molecule has 6 heteroatoms. The molecule has 1 heterocycles. The normalized spacial score (nSPS) is 17.3. The minimum Gasteiger partial charge on any atom is -0.497 e. The van der Waals surface area contributed by atoms with Crippen molar-refractivity contribution < 1.29 is 14.2 Å². The Morgan fingerprint density at radius 1 is 1.14 bits per heavy atom. The van der Waals surface area contributed by atoms with E-state index in [4.69, 9.17) is 26.4 Å². The Morgan fingerprint density at radius 2 is 1.82 bits per heavy atom. The molecular formula is C22H28N2O3S. The summed E-state index contributed by atoms with van der Waals surface area (Å²) in [5, 5.41) is 7.24. The van der Waals surface area contributed by atoms with E-state index in [9.17, 15) is 0 Å². The second-order valence-electron chi connectivity index (χ2n) is 7.81. The molecule has 0 aliphatic carbocycles. The minimum atomic E-state index is -0.287. The van der Waals surface area contributed by atoms with Crippen LogP contribution in [0.2, 0.25) is 0 Å². The second kappa shape index (κ2) is 8.27. The molecule has 1 atom stereocenters. The van der Waals surface area contributed by atoms with Crippen LogP contribution in [0.25, 0.3) is 0 Å². The van der Waals surface area contributed by atoms with Crippen molar-refractivity contribution in [1.29, 1.82) is 0 Å². The van der Waals surface area contributed by atoms with Gasteiger partial charge in [0.05, 0.1) is 19.3 Å². The van der Waals surface area contributed by atoms with Crippen LogP contribution in [-0.4, -0.2) is 23.9 Å². The second-order valence-corrected chi connectivity index (χ2v) is 8.22. The Labute approximate surface area is 172 Å². The number of rotatable bonds is 5. The Bertz CT molecular complexity index is 834. The van der Waals surface area contributed by atoms with Crippen molar-refractivity contribution in [1.82, 2.24) is 5.32 Å². The molecule has 3 rings (SSSR count). The molecule has 0 amide bonds. The molecule has 1 aliphatic rings. The van der Waals surface area contributed by atoms with Crippen molar-refractivity contribution in [2.24, 2.45) is 0 Å². The van der Waals surface area contributed by atoms with E-state index in [0.717, 1.165) is 34.9 Å². The van der Waals surface area contributed by atoms with E-state index >= 15 is 0 Å². The maximum atomic E-state index is 6.12. The summed E-state index contributed by atoms with van der Waals surface area (Å²) in [5.74, 6) is 2.49. The fraction of sp³-hybridized carbons (Fsp3) is 0.409. The van der Waals surface area contributed by atoms with E-state index in [-0.39, 0.29) is 17.7 Å². The summed E-state index contributed by atoms with van der Waals surface area (Å²) in [7, 11) is 1.66. The predicted molar refractivity (Wildman–Crippen MR) is 117 cm³/mol. The molecular weight excluding hydrogens is 372 g/mol. The molecule has 0 spiro atoms. The zero-order valence-corrected chi connectivity index (χ0v) is 17.9. The minimum absolute atomic E-state index is 0.0254. The molecule has 2 N–H and O–H groups in total. The quantitative estimate of drug-likeness (QED) is 0.684. The Balaban J connectivity index is 1.71. The van der Waals surface area contributed by atoms with Gasteiger partial charge < -0.3 is 24.8 Å². The van der Waals surface area contributed by atoms with E-state index in [0.29, 0.717) is 5.11 Å². The van der Waals surface area contributed by atoms with Gasteiger partial charge in [0.2, 0.25) is 0 Å². The summed E-state index contributed by atoms with van der Waals surface area (Å²) >= 11 is 5.56. The highest BCUT2D eigenvalue weighted by molar-refractivity contribution is 7.80. The summed E-state index contributed by atoms with van der Waals surface area (Å²) in [4.78, 5) is 0. The van der Waals surface area contributed by atoms with E-state index in [1.54, 1.807) is 7.11 Å². The molecule has 0 aromatic heterocycles. The number of hydrogen-bond acceptors (Lipinski definition) is 4. The monoisotopic (exact) mass is 400 g/mol. The van der Waals surface area contributed by atoms with Gasteiger partial charge >= 0.3 is 0 Å². The molecule has 2 aromatic carbocycles. The molecule has 0 saturated carbocycles. The van der Waals surface area contributed by atoms with Crippen molar-refractivity contribution in [2.75, 3.05) is 12.4 Å². The maximum absolute atomic E-state index is 6.12. The molecule has 1 aliphatic heterocycles. The summed E-state index contributed by atoms with van der Waals surface area (Å²) in [6.45, 7) is 8.18. The number of methoxy groups -OCH3 is 1. The predicted octanol–water partition coefficient (Wildman–Crippen LogP) is 5.07. The number of thiocarbonyl (C=S) groups is 1. The average Bonchev–Trinajstić information content (AvgIpc) is 2.62. The molecule has 0 fully saturated rings. The van der Waals surface area contributed by atoms with Crippen LogP contribution in [0.5, 0.6) is 17.2 Å². The number of nitrogens with one attached hydrogen (secondary N) is 2. The summed E-state index contributed by atoms with van der Waals surface area (Å²) in [6, 6.07) is 13.7. The van der Waals surface area contributed by atoms with Crippen LogP contribution in [0.1, 0.15) is 45.7 Å². The van der Waals surface area contributed by atoms with Gasteiger partial charge in [-0.25, -0.2) is 0 Å². The summed E-state index contributed by atoms with van der Waals surface area (Å²) < 4.78 is 17.2. The van der Waals surface area contributed by atoms with Crippen molar-refractivity contribution in [3.05, 3.63) is 48.0 Å². The van der Waals surface area contributed by atoms with Gasteiger partial charge in [-0.1, -0.05) is 0 Å². The van der Waals surface area contributed by atoms with Gasteiger partial charge in [-0.15, -0.1) is 0 Å². The van der Waals surface area contributed by atoms with Crippen LogP contribution in [0, 0.1) is 0 Å². The highest BCUT2D eigenvalue weighted by Gasteiger charge is 2.34. The highest BCUT2D eigenvalue weighted by atomic mass is 32.1. The molecule has 0 unspecified atom stereocenters. The SMILES string of the molecule is COc1ccc2c(c1)[C@H](NC(=S)Nc1ccc(OC(C)C)cc1)CC(C)(C)O2. The Kier molecular flexibility index (Phi) is 5.98. The highest BCUT2D eigenvalue weighted by Crippen LogP contribution is 2.41. The van der Waals surface area contributed by atoms with Gasteiger partial charge in [0.25, 0.3) is 0 Å². The van der Waals surface area contributed by atoms with Gasteiger partial charge in [-0.3, -0.25) is 0 Å². The summed E-state index contributed by atoms with van der Waals surface area (Å²) in [5.41, 5.74) is 1.67. The lowest BCUT2D eigenvalue weighted by atomic mass is 9.89. The zero-order chi connectivity index (χ0) is 20.3. The van der Waals surface area contributed by atoms with E-state index in [2.05, 4.69) is 24.5 Å². The van der Waals surface area contributed by atoms with Crippen LogP contribution < -0.4 is 24.8 Å². The first-order valence-corrected chi connectivity index (χ1v) is 9.88. The lowest BCUT2D eigenvalue weighted by Gasteiger charge is -2.38. The number of anilines is 1. The number of fused-ring (bicyclic) bond motifs is 1. The van der Waals surface area contributed by atoms with Gasteiger partial charge in [0.15, 0.2) is 5.11 Å². The number of hydrogen-bond donors (Lipinski definition) is 2. The standard InChI is InChI=1S/C22H28N2O3S/c1-14(2)26-16-8-6-15(7-9-16)23-21(28)24-19-13-22(3,4)27-20-11-10-17(25-5)12-18(19)20/h6-12,14,19H,13H2,1-5H3,(H2,23,24,28)/t19-/m1/s1. The third-order valence-corrected chi connectivity index (χ3v) is 4.68. The average molecular weight is 401 g/mol. The van der Waals surface area contributed by atoms with Crippen LogP contribution >= 0.6 is 12.2 Å². The fourth-order valence-electron chi connectivity index (χ4n) is 3.30. The van der Waals surface area contributed by atoms with Crippen LogP contribution in [0.4, 0.5) is 5.69 Å². The number of ether oxygens (including phenoxy) is 3. The van der Waals surface area contributed by atoms with Crippen molar-refractivity contribution in [3.63, 3.8) is 0 Å². The molecule has 0 radical (unpaired) electrons. The first-order valence-electron chi connectivity index (χ1n) is 9.47. The molecule has 150 valence electrons. The van der Waals surface area contributed by atoms with E-state index < -0.39 is 0 Å². The first-order chi connectivity index (χ1) is 13.3. The van der Waals surface area contributed by atoms with Crippen molar-refractivity contribution in [3.8, 4) is 17.2 Å². The fourth-order valence-corrected chi connectivity index (χ4v) is 3.56. The van der Waals surface area contributed by atoms with Gasteiger partial charge in [-0.2, -0.15) is 0 Å². The van der Waals surface area contributed by atoms with Crippen molar-refractivity contribution in [2.45, 2.75) is 51.9 Å². The molecule has 5 nitrogen and oxygen atoms in total. The smallest absolute Gasteiger partial charge is 0.171 e. The van der Waals surface area contributed by atoms with Crippen LogP contribution in [-0.2, 0) is 0 Å². The number of benzene rings is 2. The molecule has 28 heavy (non-hydrogen) atoms. The third-order valence-electron chi connectivity index (χ3n) is 4.46. The topological polar surface area (TPSA) is 51.8 Å². The van der Waals surface area contributed by atoms with Crippen molar-refractivity contribution >= 4 is 23.0 Å². The Morgan fingerprint density at radius 3 is 2.46 bits per heavy atom. The lowest BCUT2D eigenvalue weighted by Crippen LogP contribution is -2.42. The third kappa shape index (κ3) is 5.07. The lowest BCUT2D eigenvalue weighted by molar-refractivity contribution is 0.0695. The Hall–Kier alpha value is -2.47. The molecule has 0 bridgehead atoms. The first kappa shape index (κ1) is 20.3. The van der Waals surface area contributed by atoms with Gasteiger partial charge in [0.1, 0.15) is 22.8 Å². The van der Waals surface area contributed by atoms with E-state index in [1.165, 1.54) is 0 Å². The summed E-state index contributed by atoms with van der Waals surface area (Å²) in [6.07, 6.45) is 0.936. The maximum Gasteiger partial charge on any atom is 0.171 e. The van der Waals surface area contributed by atoms with Gasteiger partial charge in [0, 0.05) is 17.7 Å². The van der Waals surface area contributed by atoms with Crippen LogP contribution in [0.3, 0.4) is 0 Å². The van der Waals surface area contributed by atoms with Gasteiger partial charge in [-0.05, 0) is 82.4 Å². The molecule has 0 saturated heterocycles. The molecule has 2 aromatic rings. The zero-order valence-electron chi connectivity index (χ0n) is 17.0. The van der Waals surface area contributed by atoms with Crippen LogP contribution in [0.15, 0.2) is 42.5 Å². The largest absolute Gasteiger partial charge is 0.497 e.